The Kier molecular flexibility index (Phi) is 5.85. The van der Waals surface area contributed by atoms with Gasteiger partial charge < -0.3 is 5.32 Å². The van der Waals surface area contributed by atoms with Crippen LogP contribution in [0.4, 0.5) is 11.4 Å². The molecule has 162 valence electrons. The highest BCUT2D eigenvalue weighted by Gasteiger charge is 2.41. The van der Waals surface area contributed by atoms with Crippen LogP contribution >= 0.6 is 23.2 Å². The molecule has 0 saturated carbocycles. The second-order valence-corrected chi connectivity index (χ2v) is 8.83. The third-order valence-electron chi connectivity index (χ3n) is 5.67. The minimum atomic E-state index is -0.435. The molecule has 3 aromatic carbocycles. The van der Waals surface area contributed by atoms with E-state index < -0.39 is 11.8 Å². The lowest BCUT2D eigenvalue weighted by molar-refractivity contribution is -0.120. The lowest BCUT2D eigenvalue weighted by Crippen LogP contribution is -2.33. The first kappa shape index (κ1) is 22.1. The molecule has 1 aliphatic heterocycles. The lowest BCUT2D eigenvalue weighted by atomic mass is 9.97. The Bertz CT molecular complexity index is 1310. The van der Waals surface area contributed by atoms with Crippen molar-refractivity contribution in [2.24, 2.45) is 0 Å². The summed E-state index contributed by atoms with van der Waals surface area (Å²) in [6, 6.07) is 16.4. The van der Waals surface area contributed by atoms with Crippen molar-refractivity contribution in [3.8, 4) is 0 Å². The number of imide groups is 1. The molecule has 1 aliphatic rings. The summed E-state index contributed by atoms with van der Waals surface area (Å²) in [4.78, 5) is 28.6. The zero-order chi connectivity index (χ0) is 23.2. The molecule has 2 amide bonds. The van der Waals surface area contributed by atoms with E-state index in [9.17, 15) is 9.59 Å². The van der Waals surface area contributed by atoms with Gasteiger partial charge in [0.25, 0.3) is 11.8 Å². The van der Waals surface area contributed by atoms with Gasteiger partial charge in [0.05, 0.1) is 11.3 Å². The smallest absolute Gasteiger partial charge is 0.282 e. The predicted octanol–water partition coefficient (Wildman–Crippen LogP) is 6.62. The Balaban J connectivity index is 1.92. The molecule has 6 heteroatoms. The van der Waals surface area contributed by atoms with Gasteiger partial charge in [-0.25, -0.2) is 4.90 Å². The largest absolute Gasteiger partial charge is 0.350 e. The highest BCUT2D eigenvalue weighted by molar-refractivity contribution is 6.46. The number of amides is 2. The molecule has 0 aliphatic carbocycles. The number of hydrogen-bond donors (Lipinski definition) is 1. The Labute approximate surface area is 197 Å². The van der Waals surface area contributed by atoms with Gasteiger partial charge in [-0.15, -0.1) is 0 Å². The van der Waals surface area contributed by atoms with Crippen LogP contribution in [0.25, 0.3) is 5.57 Å². The molecule has 4 nitrogen and oxygen atoms in total. The number of carbonyl (C=O) groups is 2. The molecule has 0 saturated heterocycles. The van der Waals surface area contributed by atoms with Crippen molar-refractivity contribution in [3.05, 3.63) is 98.2 Å². The maximum atomic E-state index is 13.7. The second kappa shape index (κ2) is 8.45. The van der Waals surface area contributed by atoms with Crippen LogP contribution < -0.4 is 10.2 Å². The van der Waals surface area contributed by atoms with Gasteiger partial charge in [-0.3, -0.25) is 9.59 Å². The number of rotatable bonds is 4. The number of aryl methyl sites for hydroxylation is 3. The SMILES string of the molecule is Cc1ccc(C2=C(Nc3cccc(Cl)c3C)C(=O)N(c3cc(Cl)ccc3C)C2=O)c(C)c1. The van der Waals surface area contributed by atoms with Gasteiger partial charge in [-0.2, -0.15) is 0 Å². The van der Waals surface area contributed by atoms with Crippen LogP contribution in [0.5, 0.6) is 0 Å². The molecule has 1 heterocycles. The van der Waals surface area contributed by atoms with Gasteiger partial charge in [0.15, 0.2) is 0 Å². The van der Waals surface area contributed by atoms with E-state index in [4.69, 9.17) is 23.2 Å². The van der Waals surface area contributed by atoms with Gasteiger partial charge in [0.2, 0.25) is 0 Å². The average molecular weight is 465 g/mol. The summed E-state index contributed by atoms with van der Waals surface area (Å²) in [5.41, 5.74) is 5.93. The highest BCUT2D eigenvalue weighted by Crippen LogP contribution is 2.38. The summed E-state index contributed by atoms with van der Waals surface area (Å²) in [6.07, 6.45) is 0. The fraction of sp³-hybridized carbons (Fsp3) is 0.154. The van der Waals surface area contributed by atoms with Gasteiger partial charge in [-0.1, -0.05) is 59.1 Å². The Morgan fingerprint density at radius 3 is 2.28 bits per heavy atom. The van der Waals surface area contributed by atoms with E-state index in [0.717, 1.165) is 22.3 Å². The summed E-state index contributed by atoms with van der Waals surface area (Å²) in [5, 5.41) is 4.23. The first-order valence-corrected chi connectivity index (χ1v) is 10.9. The minimum Gasteiger partial charge on any atom is -0.350 e. The summed E-state index contributed by atoms with van der Waals surface area (Å²) in [5.74, 6) is -0.829. The van der Waals surface area contributed by atoms with Crippen molar-refractivity contribution in [3.63, 3.8) is 0 Å². The van der Waals surface area contributed by atoms with Crippen LogP contribution in [0.15, 0.2) is 60.3 Å². The number of anilines is 2. The number of halogens is 2. The molecule has 32 heavy (non-hydrogen) atoms. The van der Waals surface area contributed by atoms with E-state index in [1.165, 1.54) is 4.90 Å². The van der Waals surface area contributed by atoms with E-state index in [1.807, 2.05) is 52.0 Å². The topological polar surface area (TPSA) is 49.4 Å². The molecule has 0 radical (unpaired) electrons. The average Bonchev–Trinajstić information content (AvgIpc) is 2.97. The molecule has 0 fully saturated rings. The second-order valence-electron chi connectivity index (χ2n) is 7.98. The van der Waals surface area contributed by atoms with Gasteiger partial charge in [-0.05, 0) is 74.2 Å². The van der Waals surface area contributed by atoms with Crippen LogP contribution in [0.1, 0.15) is 27.8 Å². The zero-order valence-corrected chi connectivity index (χ0v) is 19.7. The van der Waals surface area contributed by atoms with Gasteiger partial charge in [0, 0.05) is 15.7 Å². The maximum Gasteiger partial charge on any atom is 0.282 e. The summed E-state index contributed by atoms with van der Waals surface area (Å²) >= 11 is 12.5. The summed E-state index contributed by atoms with van der Waals surface area (Å²) < 4.78 is 0. The molecule has 0 bridgehead atoms. The van der Waals surface area contributed by atoms with Crippen LogP contribution in [0.3, 0.4) is 0 Å². The summed E-state index contributed by atoms with van der Waals surface area (Å²) in [7, 11) is 0. The molecule has 0 atom stereocenters. The number of benzene rings is 3. The normalized spacial score (nSPS) is 13.9. The predicted molar refractivity (Wildman–Crippen MR) is 131 cm³/mol. The minimum absolute atomic E-state index is 0.215. The third kappa shape index (κ3) is 3.81. The van der Waals surface area contributed by atoms with Crippen molar-refractivity contribution in [2.75, 3.05) is 10.2 Å². The van der Waals surface area contributed by atoms with E-state index in [0.29, 0.717) is 32.6 Å². The molecule has 4 rings (SSSR count). The van der Waals surface area contributed by atoms with Crippen molar-refractivity contribution in [1.29, 1.82) is 0 Å². The van der Waals surface area contributed by atoms with E-state index in [1.54, 1.807) is 30.3 Å². The zero-order valence-electron chi connectivity index (χ0n) is 18.2. The van der Waals surface area contributed by atoms with Crippen molar-refractivity contribution in [2.45, 2.75) is 27.7 Å². The summed E-state index contributed by atoms with van der Waals surface area (Å²) in [6.45, 7) is 7.63. The van der Waals surface area contributed by atoms with Crippen LogP contribution in [0, 0.1) is 27.7 Å². The highest BCUT2D eigenvalue weighted by atomic mass is 35.5. The van der Waals surface area contributed by atoms with E-state index in [2.05, 4.69) is 5.32 Å². The third-order valence-corrected chi connectivity index (χ3v) is 6.32. The number of nitrogens with one attached hydrogen (secondary N) is 1. The van der Waals surface area contributed by atoms with E-state index in [-0.39, 0.29) is 5.70 Å². The molecule has 0 unspecified atom stereocenters. The number of carbonyl (C=O) groups excluding carboxylic acids is 2. The van der Waals surface area contributed by atoms with Crippen molar-refractivity contribution in [1.82, 2.24) is 0 Å². The monoisotopic (exact) mass is 464 g/mol. The molecule has 1 N–H and O–H groups in total. The standard InChI is InChI=1S/C26H22Cl2N2O2/c1-14-8-11-19(16(3)12-14)23-24(29-21-7-5-6-20(28)17(21)4)26(32)30(25(23)31)22-13-18(27)10-9-15(22)2/h5-13,29H,1-4H3. The molecule has 0 spiro atoms. The van der Waals surface area contributed by atoms with Crippen LogP contribution in [0.2, 0.25) is 10.0 Å². The Hall–Kier alpha value is -3.08. The molecule has 0 aromatic heterocycles. The molecule has 3 aromatic rings. The first-order chi connectivity index (χ1) is 15.2. The Morgan fingerprint density at radius 1 is 0.812 bits per heavy atom. The van der Waals surface area contributed by atoms with Crippen molar-refractivity contribution < 1.29 is 9.59 Å². The van der Waals surface area contributed by atoms with E-state index >= 15 is 0 Å². The fourth-order valence-electron chi connectivity index (χ4n) is 3.91. The maximum absolute atomic E-state index is 13.7. The molecular weight excluding hydrogens is 443 g/mol. The van der Waals surface area contributed by atoms with Gasteiger partial charge >= 0.3 is 0 Å². The fourth-order valence-corrected chi connectivity index (χ4v) is 4.25. The quantitative estimate of drug-likeness (QED) is 0.441. The number of nitrogens with zero attached hydrogens (tertiary/aromatic N) is 1. The number of hydrogen-bond acceptors (Lipinski definition) is 3. The lowest BCUT2D eigenvalue weighted by Gasteiger charge is -2.18. The Morgan fingerprint density at radius 2 is 1.56 bits per heavy atom. The van der Waals surface area contributed by atoms with Crippen molar-refractivity contribution >= 4 is 52.0 Å². The molecular formula is C26H22Cl2N2O2. The first-order valence-electron chi connectivity index (χ1n) is 10.2. The van der Waals surface area contributed by atoms with Gasteiger partial charge in [0.1, 0.15) is 5.70 Å². The van der Waals surface area contributed by atoms with Crippen LogP contribution in [-0.4, -0.2) is 11.8 Å². The van der Waals surface area contributed by atoms with Crippen LogP contribution in [-0.2, 0) is 9.59 Å².